The number of anilines is 2. The van der Waals surface area contributed by atoms with Gasteiger partial charge in [0.2, 0.25) is 5.91 Å². The van der Waals surface area contributed by atoms with Crippen molar-refractivity contribution in [1.82, 2.24) is 5.32 Å². The largest absolute Gasteiger partial charge is 0.495 e. The zero-order valence-electron chi connectivity index (χ0n) is 15.7. The molecule has 0 unspecified atom stereocenters. The molecule has 0 aliphatic rings. The molecule has 0 bridgehead atoms. The maximum absolute atomic E-state index is 12.3. The molecule has 2 amide bonds. The Labute approximate surface area is 173 Å². The molecule has 0 spiro atoms. The number of hydrogen-bond donors (Lipinski definition) is 3. The maximum atomic E-state index is 12.3. The summed E-state index contributed by atoms with van der Waals surface area (Å²) in [6.45, 7) is 0.331. The highest BCUT2D eigenvalue weighted by atomic mass is 35.5. The standard InChI is InChI=1S/C21H20ClN3O4/c1-28-19-8-7-16(11-18(19)22)25-20(26)13-23-15-5-2-4-14(10-15)21(27)24-12-17-6-3-9-29-17/h2-11,23H,12-13H2,1H3,(H,24,27)(H,25,26). The molecule has 1 heterocycles. The second-order valence-electron chi connectivity index (χ2n) is 6.09. The van der Waals surface area contributed by atoms with Crippen LogP contribution >= 0.6 is 11.6 Å². The van der Waals surface area contributed by atoms with Gasteiger partial charge in [-0.15, -0.1) is 0 Å². The monoisotopic (exact) mass is 413 g/mol. The SMILES string of the molecule is COc1ccc(NC(=O)CNc2cccc(C(=O)NCc3ccco3)c2)cc1Cl. The number of carbonyl (C=O) groups is 2. The van der Waals surface area contributed by atoms with Crippen molar-refractivity contribution in [2.24, 2.45) is 0 Å². The Balaban J connectivity index is 1.52. The molecule has 0 saturated heterocycles. The zero-order chi connectivity index (χ0) is 20.6. The molecule has 3 aromatic rings. The van der Waals surface area contributed by atoms with E-state index in [-0.39, 0.29) is 18.4 Å². The minimum absolute atomic E-state index is 0.0289. The van der Waals surface area contributed by atoms with E-state index < -0.39 is 0 Å². The number of nitrogens with one attached hydrogen (secondary N) is 3. The Morgan fingerprint density at radius 1 is 1.07 bits per heavy atom. The van der Waals surface area contributed by atoms with E-state index in [1.807, 2.05) is 0 Å². The Morgan fingerprint density at radius 3 is 2.66 bits per heavy atom. The Bertz CT molecular complexity index is 989. The summed E-state index contributed by atoms with van der Waals surface area (Å²) in [5.41, 5.74) is 1.69. The highest BCUT2D eigenvalue weighted by Gasteiger charge is 2.09. The van der Waals surface area contributed by atoms with E-state index in [1.165, 1.54) is 7.11 Å². The molecule has 3 rings (SSSR count). The fourth-order valence-corrected chi connectivity index (χ4v) is 2.84. The van der Waals surface area contributed by atoms with Crippen LogP contribution in [-0.2, 0) is 11.3 Å². The normalized spacial score (nSPS) is 10.3. The molecule has 1 aromatic heterocycles. The summed E-state index contributed by atoms with van der Waals surface area (Å²) in [5, 5.41) is 8.93. The molecule has 0 saturated carbocycles. The van der Waals surface area contributed by atoms with E-state index in [0.717, 1.165) is 0 Å². The molecule has 0 radical (unpaired) electrons. The topological polar surface area (TPSA) is 92.6 Å². The van der Waals surface area contributed by atoms with Crippen LogP contribution in [0.2, 0.25) is 5.02 Å². The molecule has 0 fully saturated rings. The molecule has 7 nitrogen and oxygen atoms in total. The minimum Gasteiger partial charge on any atom is -0.495 e. The molecule has 8 heteroatoms. The Hall–Kier alpha value is -3.45. The van der Waals surface area contributed by atoms with Gasteiger partial charge in [0.05, 0.1) is 31.5 Å². The molecule has 0 aliphatic heterocycles. The predicted octanol–water partition coefficient (Wildman–Crippen LogP) is 3.92. The van der Waals surface area contributed by atoms with Gasteiger partial charge in [-0.2, -0.15) is 0 Å². The second kappa shape index (κ2) is 9.66. The van der Waals surface area contributed by atoms with Gasteiger partial charge in [0.1, 0.15) is 11.5 Å². The first-order valence-corrected chi connectivity index (χ1v) is 9.21. The van der Waals surface area contributed by atoms with Crippen LogP contribution in [-0.4, -0.2) is 25.5 Å². The highest BCUT2D eigenvalue weighted by Crippen LogP contribution is 2.27. The summed E-state index contributed by atoms with van der Waals surface area (Å²) in [7, 11) is 1.52. The van der Waals surface area contributed by atoms with Gasteiger partial charge in [0.15, 0.2) is 0 Å². The average molecular weight is 414 g/mol. The van der Waals surface area contributed by atoms with Crippen molar-refractivity contribution >= 4 is 34.8 Å². The number of methoxy groups -OCH3 is 1. The van der Waals surface area contributed by atoms with Gasteiger partial charge in [0.25, 0.3) is 5.91 Å². The lowest BCUT2D eigenvalue weighted by Gasteiger charge is -2.10. The molecule has 150 valence electrons. The van der Waals surface area contributed by atoms with Gasteiger partial charge in [-0.05, 0) is 48.5 Å². The van der Waals surface area contributed by atoms with E-state index in [4.69, 9.17) is 20.8 Å². The van der Waals surface area contributed by atoms with Crippen LogP contribution in [0.5, 0.6) is 5.75 Å². The summed E-state index contributed by atoms with van der Waals surface area (Å²) in [6.07, 6.45) is 1.55. The third kappa shape index (κ3) is 5.76. The molecule has 3 N–H and O–H groups in total. The Kier molecular flexibility index (Phi) is 6.76. The van der Waals surface area contributed by atoms with Gasteiger partial charge >= 0.3 is 0 Å². The molecule has 0 aliphatic carbocycles. The van der Waals surface area contributed by atoms with E-state index in [2.05, 4.69) is 16.0 Å². The lowest BCUT2D eigenvalue weighted by molar-refractivity contribution is -0.114. The first kappa shape index (κ1) is 20.3. The van der Waals surface area contributed by atoms with Gasteiger partial charge < -0.3 is 25.1 Å². The van der Waals surface area contributed by atoms with E-state index in [1.54, 1.807) is 60.9 Å². The Morgan fingerprint density at radius 2 is 1.93 bits per heavy atom. The molecular formula is C21H20ClN3O4. The minimum atomic E-state index is -0.251. The van der Waals surface area contributed by atoms with Gasteiger partial charge in [-0.3, -0.25) is 9.59 Å². The summed E-state index contributed by atoms with van der Waals surface area (Å²) >= 11 is 6.06. The molecule has 0 atom stereocenters. The summed E-state index contributed by atoms with van der Waals surface area (Å²) in [6, 6.07) is 15.4. The summed E-state index contributed by atoms with van der Waals surface area (Å²) < 4.78 is 10.3. The number of hydrogen-bond acceptors (Lipinski definition) is 5. The second-order valence-corrected chi connectivity index (χ2v) is 6.50. The number of furan rings is 1. The van der Waals surface area contributed by atoms with Crippen LogP contribution in [0.1, 0.15) is 16.1 Å². The van der Waals surface area contributed by atoms with Gasteiger partial charge in [-0.1, -0.05) is 17.7 Å². The smallest absolute Gasteiger partial charge is 0.251 e. The lowest BCUT2D eigenvalue weighted by atomic mass is 10.2. The molecule has 2 aromatic carbocycles. The van der Waals surface area contributed by atoms with Crippen molar-refractivity contribution in [3.8, 4) is 5.75 Å². The highest BCUT2D eigenvalue weighted by molar-refractivity contribution is 6.32. The number of rotatable bonds is 8. The fourth-order valence-electron chi connectivity index (χ4n) is 2.58. The molecule has 29 heavy (non-hydrogen) atoms. The van der Waals surface area contributed by atoms with E-state index in [9.17, 15) is 9.59 Å². The summed E-state index contributed by atoms with van der Waals surface area (Å²) in [5.74, 6) is 0.717. The average Bonchev–Trinajstić information content (AvgIpc) is 3.24. The maximum Gasteiger partial charge on any atom is 0.251 e. The van der Waals surface area contributed by atoms with Crippen LogP contribution < -0.4 is 20.7 Å². The van der Waals surface area contributed by atoms with Crippen molar-refractivity contribution in [3.63, 3.8) is 0 Å². The van der Waals surface area contributed by atoms with Gasteiger partial charge in [0, 0.05) is 16.9 Å². The van der Waals surface area contributed by atoms with Crippen molar-refractivity contribution in [3.05, 3.63) is 77.2 Å². The van der Waals surface area contributed by atoms with Gasteiger partial charge in [-0.25, -0.2) is 0 Å². The van der Waals surface area contributed by atoms with Crippen LogP contribution in [0.25, 0.3) is 0 Å². The number of benzene rings is 2. The molecular weight excluding hydrogens is 394 g/mol. The lowest BCUT2D eigenvalue weighted by Crippen LogP contribution is -2.23. The van der Waals surface area contributed by atoms with Crippen molar-refractivity contribution in [1.29, 1.82) is 0 Å². The quantitative estimate of drug-likeness (QED) is 0.520. The van der Waals surface area contributed by atoms with Crippen molar-refractivity contribution in [2.75, 3.05) is 24.3 Å². The first-order chi connectivity index (χ1) is 14.0. The summed E-state index contributed by atoms with van der Waals surface area (Å²) in [4.78, 5) is 24.4. The fraction of sp³-hybridized carbons (Fsp3) is 0.143. The first-order valence-electron chi connectivity index (χ1n) is 8.83. The third-order valence-corrected chi connectivity index (χ3v) is 4.31. The number of halogens is 1. The van der Waals surface area contributed by atoms with Crippen molar-refractivity contribution in [2.45, 2.75) is 6.54 Å². The zero-order valence-corrected chi connectivity index (χ0v) is 16.5. The van der Waals surface area contributed by atoms with Crippen LogP contribution in [0.15, 0.2) is 65.3 Å². The van der Waals surface area contributed by atoms with Crippen molar-refractivity contribution < 1.29 is 18.7 Å². The third-order valence-electron chi connectivity index (χ3n) is 4.02. The van der Waals surface area contributed by atoms with Crippen LogP contribution in [0, 0.1) is 0 Å². The van der Waals surface area contributed by atoms with E-state index >= 15 is 0 Å². The number of ether oxygens (including phenoxy) is 1. The predicted molar refractivity (Wildman–Crippen MR) is 111 cm³/mol. The van der Waals surface area contributed by atoms with Crippen LogP contribution in [0.4, 0.5) is 11.4 Å². The van der Waals surface area contributed by atoms with E-state index in [0.29, 0.717) is 40.0 Å². The number of amides is 2. The van der Waals surface area contributed by atoms with Crippen LogP contribution in [0.3, 0.4) is 0 Å². The number of carbonyl (C=O) groups excluding carboxylic acids is 2.